The van der Waals surface area contributed by atoms with E-state index < -0.39 is 0 Å². The molecule has 0 saturated carbocycles. The van der Waals surface area contributed by atoms with Crippen LogP contribution in [0.15, 0.2) is 41.5 Å². The number of rotatable bonds is 4. The van der Waals surface area contributed by atoms with Crippen molar-refractivity contribution >= 4 is 11.6 Å². The molecule has 0 spiro atoms. The Morgan fingerprint density at radius 3 is 2.68 bits per heavy atom. The van der Waals surface area contributed by atoms with Crippen LogP contribution in [0.4, 0.5) is 5.69 Å². The van der Waals surface area contributed by atoms with Crippen molar-refractivity contribution in [1.29, 1.82) is 0 Å². The molecule has 1 amide bonds. The Hall–Kier alpha value is -2.50. The van der Waals surface area contributed by atoms with Gasteiger partial charge in [0.2, 0.25) is 5.91 Å². The second-order valence-electron chi connectivity index (χ2n) is 4.07. The number of nitrogens with zero attached hydrogens (tertiary/aromatic N) is 2. The Kier molecular flexibility index (Phi) is 3.70. The molecule has 0 unspecified atom stereocenters. The topological polar surface area (TPSA) is 65.3 Å². The highest BCUT2D eigenvalue weighted by Gasteiger charge is 2.09. The van der Waals surface area contributed by atoms with Gasteiger partial charge in [0.1, 0.15) is 12.3 Å². The number of amides is 1. The van der Waals surface area contributed by atoms with Crippen LogP contribution in [-0.4, -0.2) is 22.2 Å². The zero-order valence-electron chi connectivity index (χ0n) is 10.8. The van der Waals surface area contributed by atoms with Gasteiger partial charge in [-0.05, 0) is 12.1 Å². The lowest BCUT2D eigenvalue weighted by Gasteiger charge is -2.09. The molecule has 0 saturated heterocycles. The molecule has 6 nitrogen and oxygen atoms in total. The van der Waals surface area contributed by atoms with Gasteiger partial charge in [-0.25, -0.2) is 4.79 Å². The van der Waals surface area contributed by atoms with Gasteiger partial charge in [-0.1, -0.05) is 12.1 Å². The lowest BCUT2D eigenvalue weighted by molar-refractivity contribution is -0.116. The number of carbonyl (C=O) groups excluding carboxylic acids is 1. The summed E-state index contributed by atoms with van der Waals surface area (Å²) in [6.07, 6.45) is 3.18. The number of hydrogen-bond acceptors (Lipinski definition) is 3. The number of carbonyl (C=O) groups is 1. The van der Waals surface area contributed by atoms with E-state index in [0.29, 0.717) is 11.4 Å². The van der Waals surface area contributed by atoms with E-state index in [1.54, 1.807) is 37.6 Å². The zero-order chi connectivity index (χ0) is 13.8. The van der Waals surface area contributed by atoms with Crippen molar-refractivity contribution in [3.8, 4) is 5.75 Å². The first-order chi connectivity index (χ1) is 9.11. The molecule has 0 atom stereocenters. The Morgan fingerprint density at radius 2 is 2.05 bits per heavy atom. The summed E-state index contributed by atoms with van der Waals surface area (Å²) >= 11 is 0. The van der Waals surface area contributed by atoms with Crippen molar-refractivity contribution in [2.45, 2.75) is 6.54 Å². The minimum Gasteiger partial charge on any atom is -0.495 e. The van der Waals surface area contributed by atoms with Gasteiger partial charge >= 0.3 is 5.69 Å². The number of imidazole rings is 1. The third kappa shape index (κ3) is 2.85. The molecule has 2 aromatic rings. The molecule has 1 heterocycles. The van der Waals surface area contributed by atoms with Crippen molar-refractivity contribution in [3.05, 3.63) is 47.1 Å². The zero-order valence-corrected chi connectivity index (χ0v) is 10.8. The molecular weight excluding hydrogens is 246 g/mol. The van der Waals surface area contributed by atoms with Gasteiger partial charge in [0.15, 0.2) is 0 Å². The van der Waals surface area contributed by atoms with Crippen LogP contribution in [0.5, 0.6) is 5.75 Å². The number of methoxy groups -OCH3 is 1. The molecular formula is C13H15N3O3. The Bertz CT molecular complexity index is 643. The van der Waals surface area contributed by atoms with Gasteiger partial charge in [-0.3, -0.25) is 9.36 Å². The van der Waals surface area contributed by atoms with Gasteiger partial charge in [-0.15, -0.1) is 0 Å². The van der Waals surface area contributed by atoms with Crippen molar-refractivity contribution in [3.63, 3.8) is 0 Å². The van der Waals surface area contributed by atoms with Crippen LogP contribution in [0.1, 0.15) is 0 Å². The molecule has 0 fully saturated rings. The smallest absolute Gasteiger partial charge is 0.328 e. The number of nitrogens with one attached hydrogen (secondary N) is 1. The number of aryl methyl sites for hydroxylation is 1. The van der Waals surface area contributed by atoms with Crippen molar-refractivity contribution < 1.29 is 9.53 Å². The first-order valence-electron chi connectivity index (χ1n) is 5.76. The summed E-state index contributed by atoms with van der Waals surface area (Å²) in [6.45, 7) is -0.0300. The summed E-state index contributed by atoms with van der Waals surface area (Å²) < 4.78 is 7.89. The number of aromatic nitrogens is 2. The van der Waals surface area contributed by atoms with E-state index >= 15 is 0 Å². The van der Waals surface area contributed by atoms with Crippen LogP contribution in [0.3, 0.4) is 0 Å². The van der Waals surface area contributed by atoms with E-state index in [1.807, 2.05) is 6.07 Å². The van der Waals surface area contributed by atoms with Crippen LogP contribution in [0.2, 0.25) is 0 Å². The van der Waals surface area contributed by atoms with Crippen molar-refractivity contribution in [2.75, 3.05) is 12.4 Å². The molecule has 1 aromatic heterocycles. The highest BCUT2D eigenvalue weighted by atomic mass is 16.5. The standard InChI is InChI=1S/C13H15N3O3/c1-15-7-8-16(13(15)18)9-12(17)14-10-5-3-4-6-11(10)19-2/h3-8H,9H2,1-2H3,(H,14,17). The highest BCUT2D eigenvalue weighted by molar-refractivity contribution is 5.92. The molecule has 0 aliphatic carbocycles. The molecule has 19 heavy (non-hydrogen) atoms. The molecule has 0 aliphatic rings. The largest absolute Gasteiger partial charge is 0.495 e. The first-order valence-corrected chi connectivity index (χ1v) is 5.76. The maximum Gasteiger partial charge on any atom is 0.328 e. The van der Waals surface area contributed by atoms with Crippen LogP contribution in [-0.2, 0) is 18.4 Å². The molecule has 1 N–H and O–H groups in total. The Balaban J connectivity index is 2.10. The second kappa shape index (κ2) is 5.43. The van der Waals surface area contributed by atoms with Crippen LogP contribution in [0, 0.1) is 0 Å². The molecule has 6 heteroatoms. The predicted octanol–water partition coefficient (Wildman–Crippen LogP) is 0.834. The SMILES string of the molecule is COc1ccccc1NC(=O)Cn1ccn(C)c1=O. The van der Waals surface area contributed by atoms with E-state index in [1.165, 1.54) is 16.2 Å². The minimum absolute atomic E-state index is 0.0300. The molecule has 100 valence electrons. The third-order valence-corrected chi connectivity index (χ3v) is 2.71. The molecule has 0 radical (unpaired) electrons. The fourth-order valence-corrected chi connectivity index (χ4v) is 1.72. The molecule has 2 rings (SSSR count). The summed E-state index contributed by atoms with van der Waals surface area (Å²) in [6, 6.07) is 7.11. The van der Waals surface area contributed by atoms with Gasteiger partial charge in [0.25, 0.3) is 0 Å². The minimum atomic E-state index is -0.280. The molecule has 0 aliphatic heterocycles. The third-order valence-electron chi connectivity index (χ3n) is 2.71. The molecule has 1 aromatic carbocycles. The summed E-state index contributed by atoms with van der Waals surface area (Å²) in [7, 11) is 3.17. The number of benzene rings is 1. The predicted molar refractivity (Wildman–Crippen MR) is 71.3 cm³/mol. The van der Waals surface area contributed by atoms with E-state index in [9.17, 15) is 9.59 Å². The quantitative estimate of drug-likeness (QED) is 0.886. The van der Waals surface area contributed by atoms with E-state index in [2.05, 4.69) is 5.32 Å². The molecule has 0 bridgehead atoms. The number of ether oxygens (including phenoxy) is 1. The maximum absolute atomic E-state index is 11.9. The van der Waals surface area contributed by atoms with Crippen LogP contribution in [0.25, 0.3) is 0 Å². The first kappa shape index (κ1) is 12.9. The van der Waals surface area contributed by atoms with Gasteiger partial charge in [0, 0.05) is 19.4 Å². The van der Waals surface area contributed by atoms with E-state index in [0.717, 1.165) is 0 Å². The van der Waals surface area contributed by atoms with Crippen molar-refractivity contribution in [2.24, 2.45) is 7.05 Å². The van der Waals surface area contributed by atoms with Crippen LogP contribution < -0.4 is 15.7 Å². The van der Waals surface area contributed by atoms with Gasteiger partial charge in [0.05, 0.1) is 12.8 Å². The fourth-order valence-electron chi connectivity index (χ4n) is 1.72. The monoisotopic (exact) mass is 261 g/mol. The Morgan fingerprint density at radius 1 is 1.32 bits per heavy atom. The lowest BCUT2D eigenvalue weighted by Crippen LogP contribution is -2.28. The van der Waals surface area contributed by atoms with Crippen molar-refractivity contribution in [1.82, 2.24) is 9.13 Å². The summed E-state index contributed by atoms with van der Waals surface area (Å²) in [5, 5.41) is 2.71. The fraction of sp³-hybridized carbons (Fsp3) is 0.231. The second-order valence-corrected chi connectivity index (χ2v) is 4.07. The summed E-state index contributed by atoms with van der Waals surface area (Å²) in [5.74, 6) is 0.300. The normalized spacial score (nSPS) is 10.2. The van der Waals surface area contributed by atoms with Crippen LogP contribution >= 0.6 is 0 Å². The average molecular weight is 261 g/mol. The van der Waals surface area contributed by atoms with Gasteiger partial charge < -0.3 is 14.6 Å². The number of para-hydroxylation sites is 2. The lowest BCUT2D eigenvalue weighted by atomic mass is 10.3. The maximum atomic E-state index is 11.9. The average Bonchev–Trinajstić information content (AvgIpc) is 2.71. The summed E-state index contributed by atoms with van der Waals surface area (Å²) in [4.78, 5) is 23.5. The van der Waals surface area contributed by atoms with E-state index in [-0.39, 0.29) is 18.1 Å². The Labute approximate surface area is 110 Å². The number of anilines is 1. The van der Waals surface area contributed by atoms with Gasteiger partial charge in [-0.2, -0.15) is 0 Å². The van der Waals surface area contributed by atoms with E-state index in [4.69, 9.17) is 4.74 Å². The number of hydrogen-bond donors (Lipinski definition) is 1. The summed E-state index contributed by atoms with van der Waals surface area (Å²) in [5.41, 5.74) is 0.356. The highest BCUT2D eigenvalue weighted by Crippen LogP contribution is 2.22.